The van der Waals surface area contributed by atoms with Gasteiger partial charge in [-0.25, -0.2) is 18.2 Å². The van der Waals surface area contributed by atoms with Crippen LogP contribution < -0.4 is 4.90 Å². The number of anilines is 1. The van der Waals surface area contributed by atoms with Gasteiger partial charge in [-0.15, -0.1) is 0 Å². The molecular formula is C19H21N3O4S. The number of aromatic carboxylic acids is 1. The van der Waals surface area contributed by atoms with Crippen molar-refractivity contribution in [2.24, 2.45) is 11.8 Å². The minimum Gasteiger partial charge on any atom is -0.478 e. The number of benzene rings is 1. The average molecular weight is 387 g/mol. The van der Waals surface area contributed by atoms with E-state index in [9.17, 15) is 18.3 Å². The maximum Gasteiger partial charge on any atom is 0.339 e. The van der Waals surface area contributed by atoms with Gasteiger partial charge in [-0.05, 0) is 23.6 Å². The van der Waals surface area contributed by atoms with Crippen molar-refractivity contribution in [3.63, 3.8) is 0 Å². The Hall–Kier alpha value is -2.45. The molecule has 3 heterocycles. The minimum absolute atomic E-state index is 0.0887. The smallest absolute Gasteiger partial charge is 0.339 e. The standard InChI is InChI=1S/C19H21N3O4S/c1-27(25,26)22-11-14-10-21(18-15(19(23)24)8-5-9-20-18)12-16(14)17(22)13-6-3-2-4-7-13/h2-9,14,16-17H,10-12H2,1H3,(H,23,24)/t14-,16-,17+/m1/s1. The van der Waals surface area contributed by atoms with Crippen LogP contribution in [0, 0.1) is 11.8 Å². The van der Waals surface area contributed by atoms with E-state index in [4.69, 9.17) is 0 Å². The molecule has 2 saturated heterocycles. The van der Waals surface area contributed by atoms with E-state index >= 15 is 0 Å². The first kappa shape index (κ1) is 17.9. The van der Waals surface area contributed by atoms with Crippen molar-refractivity contribution in [1.82, 2.24) is 9.29 Å². The molecule has 0 spiro atoms. The number of pyridine rings is 1. The lowest BCUT2D eigenvalue weighted by atomic mass is 9.90. The number of carboxylic acid groups (broad SMARTS) is 1. The number of sulfonamides is 1. The second-order valence-corrected chi connectivity index (χ2v) is 9.13. The topological polar surface area (TPSA) is 90.8 Å². The summed E-state index contributed by atoms with van der Waals surface area (Å²) in [4.78, 5) is 17.8. The fourth-order valence-electron chi connectivity index (χ4n) is 4.40. The predicted molar refractivity (Wildman–Crippen MR) is 101 cm³/mol. The monoisotopic (exact) mass is 387 g/mol. The normalized spacial score (nSPS) is 25.5. The van der Waals surface area contributed by atoms with Crippen LogP contribution in [-0.4, -0.2) is 54.7 Å². The quantitative estimate of drug-likeness (QED) is 0.861. The summed E-state index contributed by atoms with van der Waals surface area (Å²) in [5.74, 6) is -0.330. The lowest BCUT2D eigenvalue weighted by Gasteiger charge is -2.28. The Labute approximate surface area is 158 Å². The van der Waals surface area contributed by atoms with Gasteiger partial charge in [0.2, 0.25) is 10.0 Å². The van der Waals surface area contributed by atoms with Gasteiger partial charge in [0.15, 0.2) is 0 Å². The maximum absolute atomic E-state index is 12.4. The SMILES string of the molecule is CS(=O)(=O)N1C[C@H]2CN(c3ncccc3C(=O)O)C[C@H]2[C@@H]1c1ccccc1. The Morgan fingerprint density at radius 3 is 2.52 bits per heavy atom. The van der Waals surface area contributed by atoms with Gasteiger partial charge in [0.05, 0.1) is 12.3 Å². The molecule has 0 amide bonds. The average Bonchev–Trinajstić information content (AvgIpc) is 3.20. The van der Waals surface area contributed by atoms with Gasteiger partial charge in [-0.2, -0.15) is 4.31 Å². The van der Waals surface area contributed by atoms with Crippen LogP contribution in [-0.2, 0) is 10.0 Å². The van der Waals surface area contributed by atoms with Crippen LogP contribution in [0.15, 0.2) is 48.7 Å². The summed E-state index contributed by atoms with van der Waals surface area (Å²) in [6.45, 7) is 1.61. The van der Waals surface area contributed by atoms with Crippen LogP contribution in [0.25, 0.3) is 0 Å². The second-order valence-electron chi connectivity index (χ2n) is 7.20. The van der Waals surface area contributed by atoms with Crippen LogP contribution in [0.1, 0.15) is 22.0 Å². The zero-order valence-electron chi connectivity index (χ0n) is 14.9. The highest BCUT2D eigenvalue weighted by Gasteiger charge is 2.50. The van der Waals surface area contributed by atoms with E-state index in [1.165, 1.54) is 6.26 Å². The summed E-state index contributed by atoms with van der Waals surface area (Å²) in [6.07, 6.45) is 2.84. The van der Waals surface area contributed by atoms with Gasteiger partial charge in [0.1, 0.15) is 11.4 Å². The summed E-state index contributed by atoms with van der Waals surface area (Å²) in [5, 5.41) is 9.45. The summed E-state index contributed by atoms with van der Waals surface area (Å²) in [5.41, 5.74) is 1.14. The third-order valence-electron chi connectivity index (χ3n) is 5.51. The number of rotatable bonds is 4. The highest BCUT2D eigenvalue weighted by Crippen LogP contribution is 2.47. The van der Waals surface area contributed by atoms with Crippen molar-refractivity contribution < 1.29 is 18.3 Å². The molecule has 7 nitrogen and oxygen atoms in total. The molecule has 1 N–H and O–H groups in total. The largest absolute Gasteiger partial charge is 0.478 e. The number of hydrogen-bond donors (Lipinski definition) is 1. The Bertz CT molecular complexity index is 964. The molecule has 8 heteroatoms. The summed E-state index contributed by atoms with van der Waals surface area (Å²) >= 11 is 0. The van der Waals surface area contributed by atoms with E-state index in [0.29, 0.717) is 25.5 Å². The van der Waals surface area contributed by atoms with E-state index in [0.717, 1.165) is 5.56 Å². The predicted octanol–water partition coefficient (Wildman–Crippen LogP) is 1.85. The number of carboxylic acids is 1. The fraction of sp³-hybridized carbons (Fsp3) is 0.368. The lowest BCUT2D eigenvalue weighted by molar-refractivity contribution is 0.0697. The van der Waals surface area contributed by atoms with Crippen LogP contribution in [0.2, 0.25) is 0 Å². The third kappa shape index (κ3) is 3.19. The molecule has 4 rings (SSSR count). The lowest BCUT2D eigenvalue weighted by Crippen LogP contribution is -2.35. The maximum atomic E-state index is 12.4. The van der Waals surface area contributed by atoms with Gasteiger partial charge < -0.3 is 10.0 Å². The first-order valence-electron chi connectivity index (χ1n) is 8.81. The summed E-state index contributed by atoms with van der Waals surface area (Å²) in [7, 11) is -3.34. The third-order valence-corrected chi connectivity index (χ3v) is 6.73. The fourth-order valence-corrected chi connectivity index (χ4v) is 5.55. The van der Waals surface area contributed by atoms with E-state index in [-0.39, 0.29) is 23.4 Å². The van der Waals surface area contributed by atoms with Crippen molar-refractivity contribution in [3.05, 3.63) is 59.8 Å². The molecule has 2 aromatic rings. The zero-order chi connectivity index (χ0) is 19.2. The number of hydrogen-bond acceptors (Lipinski definition) is 5. The Morgan fingerprint density at radius 1 is 1.11 bits per heavy atom. The van der Waals surface area contributed by atoms with E-state index in [1.807, 2.05) is 35.2 Å². The number of carbonyl (C=O) groups is 1. The first-order valence-corrected chi connectivity index (χ1v) is 10.7. The molecule has 0 aliphatic carbocycles. The Morgan fingerprint density at radius 2 is 1.85 bits per heavy atom. The van der Waals surface area contributed by atoms with Crippen molar-refractivity contribution in [2.45, 2.75) is 6.04 Å². The summed E-state index contributed by atoms with van der Waals surface area (Å²) < 4.78 is 26.3. The van der Waals surface area contributed by atoms with Gasteiger partial charge in [0, 0.05) is 31.7 Å². The highest BCUT2D eigenvalue weighted by molar-refractivity contribution is 7.88. The Kier molecular flexibility index (Phi) is 4.39. The molecule has 0 saturated carbocycles. The molecule has 1 aromatic carbocycles. The molecule has 0 bridgehead atoms. The van der Waals surface area contributed by atoms with Crippen LogP contribution in [0.4, 0.5) is 5.82 Å². The zero-order valence-corrected chi connectivity index (χ0v) is 15.7. The van der Waals surface area contributed by atoms with E-state index in [2.05, 4.69) is 4.98 Å². The molecule has 2 aliphatic heterocycles. The molecular weight excluding hydrogens is 366 g/mol. The minimum atomic E-state index is -3.34. The first-order chi connectivity index (χ1) is 12.9. The molecule has 3 atom stereocenters. The summed E-state index contributed by atoms with van der Waals surface area (Å²) in [6, 6.07) is 12.6. The highest BCUT2D eigenvalue weighted by atomic mass is 32.2. The molecule has 1 aromatic heterocycles. The van der Waals surface area contributed by atoms with Crippen molar-refractivity contribution in [1.29, 1.82) is 0 Å². The van der Waals surface area contributed by atoms with Crippen molar-refractivity contribution >= 4 is 21.8 Å². The van der Waals surface area contributed by atoms with Gasteiger partial charge in [-0.1, -0.05) is 30.3 Å². The molecule has 27 heavy (non-hydrogen) atoms. The Balaban J connectivity index is 1.69. The number of aromatic nitrogens is 1. The van der Waals surface area contributed by atoms with Gasteiger partial charge >= 0.3 is 5.97 Å². The van der Waals surface area contributed by atoms with Gasteiger partial charge in [-0.3, -0.25) is 0 Å². The molecule has 0 radical (unpaired) electrons. The number of nitrogens with zero attached hydrogens (tertiary/aromatic N) is 3. The molecule has 142 valence electrons. The van der Waals surface area contributed by atoms with Gasteiger partial charge in [0.25, 0.3) is 0 Å². The van der Waals surface area contributed by atoms with Crippen LogP contribution in [0.3, 0.4) is 0 Å². The molecule has 2 aliphatic rings. The van der Waals surface area contributed by atoms with Crippen LogP contribution >= 0.6 is 0 Å². The van der Waals surface area contributed by atoms with Crippen molar-refractivity contribution in [2.75, 3.05) is 30.8 Å². The number of fused-ring (bicyclic) bond motifs is 1. The van der Waals surface area contributed by atoms with E-state index < -0.39 is 16.0 Å². The molecule has 2 fully saturated rings. The second kappa shape index (κ2) is 6.61. The molecule has 0 unspecified atom stereocenters. The van der Waals surface area contributed by atoms with Crippen LogP contribution in [0.5, 0.6) is 0 Å². The van der Waals surface area contributed by atoms with Crippen molar-refractivity contribution in [3.8, 4) is 0 Å². The van der Waals surface area contributed by atoms with E-state index in [1.54, 1.807) is 22.6 Å².